The Bertz CT molecular complexity index is 1390. The van der Waals surface area contributed by atoms with Crippen LogP contribution in [0.5, 0.6) is 0 Å². The largest absolute Gasteiger partial charge is 0.356 e. The molecule has 1 spiro atoms. The Morgan fingerprint density at radius 1 is 0.857 bits per heavy atom. The number of hydrogen-bond donors (Lipinski definition) is 1. The lowest BCUT2D eigenvalue weighted by molar-refractivity contribution is -0.140. The summed E-state index contributed by atoms with van der Waals surface area (Å²) in [5.74, 6) is -0.633. The van der Waals surface area contributed by atoms with Gasteiger partial charge in [-0.25, -0.2) is 0 Å². The number of nitrogens with zero attached hydrogens (tertiary/aromatic N) is 5. The Kier molecular flexibility index (Phi) is 6.96. The number of benzene rings is 1. The number of carbonyl (C=O) groups excluding carboxylic acids is 4. The lowest BCUT2D eigenvalue weighted by atomic mass is 9.78. The van der Waals surface area contributed by atoms with E-state index in [0.717, 1.165) is 30.6 Å². The third-order valence-corrected chi connectivity index (χ3v) is 10.2. The van der Waals surface area contributed by atoms with E-state index in [2.05, 4.69) is 15.2 Å². The molecule has 6 heterocycles. The zero-order valence-electron chi connectivity index (χ0n) is 23.9. The number of rotatable bonds is 2. The van der Waals surface area contributed by atoms with Crippen molar-refractivity contribution in [3.8, 4) is 0 Å². The summed E-state index contributed by atoms with van der Waals surface area (Å²) in [5.41, 5.74) is 1.44. The van der Waals surface area contributed by atoms with E-state index in [9.17, 15) is 19.2 Å². The van der Waals surface area contributed by atoms with Gasteiger partial charge in [-0.15, -0.1) is 0 Å². The summed E-state index contributed by atoms with van der Waals surface area (Å²) in [5, 5.41) is 3.14. The van der Waals surface area contributed by atoms with Crippen molar-refractivity contribution in [1.29, 1.82) is 0 Å². The highest BCUT2D eigenvalue weighted by atomic mass is 16.2. The van der Waals surface area contributed by atoms with Crippen LogP contribution in [0.25, 0.3) is 0 Å². The molecule has 0 radical (unpaired) electrons. The number of piperidine rings is 1. The van der Waals surface area contributed by atoms with Gasteiger partial charge in [0.1, 0.15) is 5.54 Å². The number of hydrogen-bond acceptors (Lipinski definition) is 6. The van der Waals surface area contributed by atoms with Crippen LogP contribution in [0.1, 0.15) is 54.4 Å². The first-order chi connectivity index (χ1) is 20.5. The standard InChI is InChI=1S/C32H38N6O4/c39-28-26-21-24-5-3-16-38(24)32(26)25-6-1-2-7-27(25)37(31(32)42)20-19-35(15-4-12-34-28)30(41)23-10-17-36(18-11-23)29(40)22-8-13-33-14-9-22/h1-2,6-9,13-14,23-24,26H,3-5,10-12,15-21H2,(H,34,39)/t24-,26+,32+/m0/s1. The maximum atomic E-state index is 14.5. The number of pyridine rings is 1. The van der Waals surface area contributed by atoms with Gasteiger partial charge in [0.25, 0.3) is 11.8 Å². The Morgan fingerprint density at radius 2 is 1.64 bits per heavy atom. The van der Waals surface area contributed by atoms with Crippen LogP contribution in [0, 0.1) is 11.8 Å². The minimum absolute atomic E-state index is 0.0239. The molecular weight excluding hydrogens is 532 g/mol. The molecule has 4 fully saturated rings. The van der Waals surface area contributed by atoms with E-state index in [1.807, 2.05) is 39.0 Å². The van der Waals surface area contributed by atoms with Gasteiger partial charge in [0, 0.05) is 80.4 Å². The SMILES string of the molecule is O=C1NCCCN(C(=O)C2CCN(C(=O)c3ccncc3)CC2)CCN2C(=O)[C@@]3(c4ccccc42)[C@@H]1C[C@@H]1CCCN13. The summed E-state index contributed by atoms with van der Waals surface area (Å²) in [6.45, 7) is 3.70. The maximum absolute atomic E-state index is 14.5. The van der Waals surface area contributed by atoms with E-state index in [1.54, 1.807) is 24.5 Å². The van der Waals surface area contributed by atoms with Gasteiger partial charge in [-0.1, -0.05) is 18.2 Å². The Labute approximate surface area is 246 Å². The highest BCUT2D eigenvalue weighted by Crippen LogP contribution is 2.57. The van der Waals surface area contributed by atoms with Crippen LogP contribution in [0.3, 0.4) is 0 Å². The summed E-state index contributed by atoms with van der Waals surface area (Å²) in [6, 6.07) is 11.6. The predicted octanol–water partition coefficient (Wildman–Crippen LogP) is 2.01. The Morgan fingerprint density at radius 3 is 2.45 bits per heavy atom. The molecule has 1 aromatic heterocycles. The Balaban J connectivity index is 1.11. The average Bonchev–Trinajstić information content (AvgIpc) is 3.69. The Hall–Kier alpha value is -3.79. The zero-order valence-corrected chi connectivity index (χ0v) is 23.9. The zero-order chi connectivity index (χ0) is 28.8. The number of anilines is 1. The van der Waals surface area contributed by atoms with Gasteiger partial charge < -0.3 is 20.0 Å². The molecule has 3 atom stereocenters. The summed E-state index contributed by atoms with van der Waals surface area (Å²) >= 11 is 0. The van der Waals surface area contributed by atoms with Gasteiger partial charge in [-0.2, -0.15) is 0 Å². The molecule has 0 saturated carbocycles. The summed E-state index contributed by atoms with van der Waals surface area (Å²) in [7, 11) is 0. The van der Waals surface area contributed by atoms with E-state index in [-0.39, 0.29) is 35.6 Å². The lowest BCUT2D eigenvalue weighted by Gasteiger charge is -2.38. The predicted molar refractivity (Wildman–Crippen MR) is 155 cm³/mol. The molecule has 4 saturated heterocycles. The first-order valence-electron chi connectivity index (χ1n) is 15.4. The number of amides is 4. The van der Waals surface area contributed by atoms with E-state index in [4.69, 9.17) is 0 Å². The molecule has 7 rings (SSSR count). The van der Waals surface area contributed by atoms with Gasteiger partial charge in [0.2, 0.25) is 11.8 Å². The molecule has 1 N–H and O–H groups in total. The number of likely N-dealkylation sites (tertiary alicyclic amines) is 1. The molecule has 0 aliphatic carbocycles. The van der Waals surface area contributed by atoms with Gasteiger partial charge in [0.05, 0.1) is 5.92 Å². The average molecular weight is 571 g/mol. The minimum Gasteiger partial charge on any atom is -0.356 e. The second-order valence-electron chi connectivity index (χ2n) is 12.3. The van der Waals surface area contributed by atoms with Crippen molar-refractivity contribution in [3.63, 3.8) is 0 Å². The fourth-order valence-electron chi connectivity index (χ4n) is 8.21. The van der Waals surface area contributed by atoms with Crippen molar-refractivity contribution < 1.29 is 19.2 Å². The molecule has 42 heavy (non-hydrogen) atoms. The van der Waals surface area contributed by atoms with Crippen LogP contribution in [-0.2, 0) is 19.9 Å². The van der Waals surface area contributed by atoms with Crippen LogP contribution >= 0.6 is 0 Å². The van der Waals surface area contributed by atoms with Crippen molar-refractivity contribution in [2.45, 2.75) is 50.1 Å². The van der Waals surface area contributed by atoms with Gasteiger partial charge in [-0.05, 0) is 63.3 Å². The normalized spacial score (nSPS) is 28.4. The maximum Gasteiger partial charge on any atom is 0.253 e. The van der Waals surface area contributed by atoms with Gasteiger partial charge in [-0.3, -0.25) is 29.1 Å². The van der Waals surface area contributed by atoms with Gasteiger partial charge >= 0.3 is 0 Å². The molecule has 0 unspecified atom stereocenters. The first kappa shape index (κ1) is 27.1. The van der Waals surface area contributed by atoms with Crippen molar-refractivity contribution >= 4 is 29.3 Å². The molecule has 10 heteroatoms. The van der Waals surface area contributed by atoms with Gasteiger partial charge in [0.15, 0.2) is 0 Å². The third-order valence-electron chi connectivity index (χ3n) is 10.2. The summed E-state index contributed by atoms with van der Waals surface area (Å²) in [6.07, 6.45) is 7.85. The fourth-order valence-corrected chi connectivity index (χ4v) is 8.21. The molecule has 220 valence electrons. The van der Waals surface area contributed by atoms with E-state index in [1.165, 1.54) is 0 Å². The number of carbonyl (C=O) groups is 4. The topological polar surface area (TPSA) is 106 Å². The number of fused-ring (bicyclic) bond motifs is 4. The van der Waals surface area contributed by atoms with Crippen molar-refractivity contribution in [2.75, 3.05) is 50.7 Å². The molecule has 5 aliphatic heterocycles. The third kappa shape index (κ3) is 4.21. The molecule has 2 bridgehead atoms. The highest BCUT2D eigenvalue weighted by Gasteiger charge is 2.67. The monoisotopic (exact) mass is 570 g/mol. The minimum atomic E-state index is -0.968. The van der Waals surface area contributed by atoms with E-state index >= 15 is 0 Å². The molecular formula is C32H38N6O4. The van der Waals surface area contributed by atoms with E-state index < -0.39 is 11.5 Å². The van der Waals surface area contributed by atoms with Crippen LogP contribution in [0.2, 0.25) is 0 Å². The van der Waals surface area contributed by atoms with E-state index in [0.29, 0.717) is 70.5 Å². The first-order valence-corrected chi connectivity index (χ1v) is 15.4. The van der Waals surface area contributed by atoms with Crippen molar-refractivity contribution in [3.05, 3.63) is 59.9 Å². The summed E-state index contributed by atoms with van der Waals surface area (Å²) in [4.78, 5) is 66.8. The van der Waals surface area contributed by atoms with Crippen molar-refractivity contribution in [1.82, 2.24) is 25.0 Å². The smallest absolute Gasteiger partial charge is 0.253 e. The van der Waals surface area contributed by atoms with Crippen molar-refractivity contribution in [2.24, 2.45) is 11.8 Å². The quantitative estimate of drug-likeness (QED) is 0.592. The molecule has 5 aliphatic rings. The van der Waals surface area contributed by atoms with Crippen LogP contribution in [0.15, 0.2) is 48.8 Å². The second-order valence-corrected chi connectivity index (χ2v) is 12.3. The van der Waals surface area contributed by atoms with Crippen LogP contribution in [-0.4, -0.2) is 95.2 Å². The fraction of sp³-hybridized carbons (Fsp3) is 0.531. The summed E-state index contributed by atoms with van der Waals surface area (Å²) < 4.78 is 0. The highest BCUT2D eigenvalue weighted by molar-refractivity contribution is 6.11. The van der Waals surface area contributed by atoms with Crippen LogP contribution in [0.4, 0.5) is 5.69 Å². The molecule has 1 aromatic carbocycles. The molecule has 4 amide bonds. The lowest BCUT2D eigenvalue weighted by Crippen LogP contribution is -2.57. The molecule has 2 aromatic rings. The number of nitrogens with one attached hydrogen (secondary N) is 1. The van der Waals surface area contributed by atoms with Crippen LogP contribution < -0.4 is 10.2 Å². The number of para-hydroxylation sites is 1. The molecule has 10 nitrogen and oxygen atoms in total. The number of aromatic nitrogens is 1. The second kappa shape index (κ2) is 10.8.